The van der Waals surface area contributed by atoms with E-state index < -0.39 is 0 Å². The summed E-state index contributed by atoms with van der Waals surface area (Å²) in [4.78, 5) is 17.7. The van der Waals surface area contributed by atoms with E-state index in [2.05, 4.69) is 27.2 Å². The van der Waals surface area contributed by atoms with Gasteiger partial charge in [0.1, 0.15) is 0 Å². The number of likely N-dealkylation sites (N-methyl/N-ethyl adjacent to an activating group) is 1. The summed E-state index contributed by atoms with van der Waals surface area (Å²) in [6.45, 7) is 4.70. The van der Waals surface area contributed by atoms with Gasteiger partial charge in [-0.15, -0.1) is 0 Å². The maximum absolute atomic E-state index is 11.7. The lowest BCUT2D eigenvalue weighted by molar-refractivity contribution is -0.130. The zero-order valence-electron chi connectivity index (χ0n) is 13.3. The van der Waals surface area contributed by atoms with Crippen molar-refractivity contribution in [2.45, 2.75) is 6.54 Å². The van der Waals surface area contributed by atoms with Gasteiger partial charge in [0.05, 0.1) is 6.54 Å². The summed E-state index contributed by atoms with van der Waals surface area (Å²) >= 11 is 5.46. The zero-order chi connectivity index (χ0) is 15.9. The molecule has 1 aromatic carbocycles. The molecule has 1 saturated heterocycles. The van der Waals surface area contributed by atoms with Crippen LogP contribution < -0.4 is 5.32 Å². The highest BCUT2D eigenvalue weighted by molar-refractivity contribution is 7.80. The normalized spacial score (nSPS) is 15.5. The molecule has 22 heavy (non-hydrogen) atoms. The van der Waals surface area contributed by atoms with Gasteiger partial charge in [-0.2, -0.15) is 0 Å². The van der Waals surface area contributed by atoms with E-state index in [-0.39, 0.29) is 5.91 Å². The first-order valence-corrected chi connectivity index (χ1v) is 7.96. The van der Waals surface area contributed by atoms with Crippen LogP contribution in [0.5, 0.6) is 0 Å². The third-order valence-corrected chi connectivity index (χ3v) is 4.21. The fraction of sp³-hybridized carbons (Fsp3) is 0.500. The molecular weight excluding hydrogens is 296 g/mol. The van der Waals surface area contributed by atoms with Crippen LogP contribution in [0.3, 0.4) is 0 Å². The second kappa shape index (κ2) is 8.10. The van der Waals surface area contributed by atoms with Crippen molar-refractivity contribution >= 4 is 23.2 Å². The number of hydrogen-bond acceptors (Lipinski definition) is 3. The summed E-state index contributed by atoms with van der Waals surface area (Å²) in [5.41, 5.74) is 1.22. The van der Waals surface area contributed by atoms with Crippen molar-refractivity contribution < 1.29 is 4.79 Å². The molecule has 1 aliphatic heterocycles. The van der Waals surface area contributed by atoms with E-state index in [9.17, 15) is 4.79 Å². The van der Waals surface area contributed by atoms with Gasteiger partial charge < -0.3 is 15.1 Å². The molecule has 0 spiro atoms. The lowest BCUT2D eigenvalue weighted by Gasteiger charge is -2.36. The van der Waals surface area contributed by atoms with Crippen LogP contribution in [-0.4, -0.2) is 72.5 Å². The van der Waals surface area contributed by atoms with Crippen LogP contribution in [0.15, 0.2) is 30.3 Å². The second-order valence-electron chi connectivity index (χ2n) is 5.70. The van der Waals surface area contributed by atoms with Gasteiger partial charge in [0.25, 0.3) is 0 Å². The van der Waals surface area contributed by atoms with Crippen LogP contribution in [0, 0.1) is 0 Å². The van der Waals surface area contributed by atoms with Crippen molar-refractivity contribution in [1.29, 1.82) is 0 Å². The first-order valence-electron chi connectivity index (χ1n) is 7.55. The number of carbonyl (C=O) groups excluding carboxylic acids is 1. The van der Waals surface area contributed by atoms with Gasteiger partial charge in [0.2, 0.25) is 5.91 Å². The Hall–Kier alpha value is -1.66. The fourth-order valence-corrected chi connectivity index (χ4v) is 2.58. The van der Waals surface area contributed by atoms with E-state index >= 15 is 0 Å². The molecule has 0 aromatic heterocycles. The molecule has 0 aliphatic carbocycles. The molecule has 1 heterocycles. The van der Waals surface area contributed by atoms with Crippen molar-refractivity contribution in [3.05, 3.63) is 35.9 Å². The predicted molar refractivity (Wildman–Crippen MR) is 92.6 cm³/mol. The van der Waals surface area contributed by atoms with Crippen molar-refractivity contribution in [3.63, 3.8) is 0 Å². The monoisotopic (exact) mass is 320 g/mol. The fourth-order valence-electron chi connectivity index (χ4n) is 2.33. The topological polar surface area (TPSA) is 38.8 Å². The van der Waals surface area contributed by atoms with Crippen molar-refractivity contribution in [1.82, 2.24) is 20.0 Å². The SMILES string of the molecule is CN(C)C(=O)CN1CCN(C(=S)NCc2ccccc2)CC1. The van der Waals surface area contributed by atoms with Crippen LogP contribution in [0.2, 0.25) is 0 Å². The molecule has 1 fully saturated rings. The molecule has 1 amide bonds. The summed E-state index contributed by atoms with van der Waals surface area (Å²) in [5, 5.41) is 4.10. The lowest BCUT2D eigenvalue weighted by Crippen LogP contribution is -2.53. The molecule has 0 unspecified atom stereocenters. The molecular formula is C16H24N4OS. The number of amides is 1. The molecule has 0 radical (unpaired) electrons. The maximum atomic E-state index is 11.7. The van der Waals surface area contributed by atoms with E-state index in [1.807, 2.05) is 18.2 Å². The third kappa shape index (κ3) is 4.96. The number of piperazine rings is 1. The number of rotatable bonds is 4. The highest BCUT2D eigenvalue weighted by Crippen LogP contribution is 2.04. The Kier molecular flexibility index (Phi) is 6.15. The Morgan fingerprint density at radius 2 is 1.82 bits per heavy atom. The van der Waals surface area contributed by atoms with E-state index in [0.717, 1.165) is 37.8 Å². The largest absolute Gasteiger partial charge is 0.358 e. The van der Waals surface area contributed by atoms with Gasteiger partial charge in [0.15, 0.2) is 5.11 Å². The van der Waals surface area contributed by atoms with E-state index in [1.54, 1.807) is 19.0 Å². The minimum absolute atomic E-state index is 0.151. The number of nitrogens with zero attached hydrogens (tertiary/aromatic N) is 3. The minimum atomic E-state index is 0.151. The van der Waals surface area contributed by atoms with E-state index in [1.165, 1.54) is 5.56 Å². The van der Waals surface area contributed by atoms with Gasteiger partial charge in [-0.05, 0) is 17.8 Å². The van der Waals surface area contributed by atoms with Gasteiger partial charge in [0, 0.05) is 46.8 Å². The number of thiocarbonyl (C=S) groups is 1. The number of hydrogen-bond donors (Lipinski definition) is 1. The van der Waals surface area contributed by atoms with Crippen LogP contribution in [0.25, 0.3) is 0 Å². The Morgan fingerprint density at radius 3 is 2.41 bits per heavy atom. The number of benzene rings is 1. The maximum Gasteiger partial charge on any atom is 0.236 e. The van der Waals surface area contributed by atoms with Gasteiger partial charge >= 0.3 is 0 Å². The molecule has 120 valence electrons. The van der Waals surface area contributed by atoms with E-state index in [0.29, 0.717) is 6.54 Å². The summed E-state index contributed by atoms with van der Waals surface area (Å²) in [6, 6.07) is 10.2. The molecule has 0 saturated carbocycles. The zero-order valence-corrected chi connectivity index (χ0v) is 14.1. The average molecular weight is 320 g/mol. The Labute approximate surface area is 137 Å². The molecule has 0 bridgehead atoms. The highest BCUT2D eigenvalue weighted by Gasteiger charge is 2.20. The van der Waals surface area contributed by atoms with Crippen LogP contribution in [0.4, 0.5) is 0 Å². The van der Waals surface area contributed by atoms with Crippen LogP contribution in [-0.2, 0) is 11.3 Å². The standard InChI is InChI=1S/C16H24N4OS/c1-18(2)15(21)13-19-8-10-20(11-9-19)16(22)17-12-14-6-4-3-5-7-14/h3-7H,8-13H2,1-2H3,(H,17,22). The van der Waals surface area contributed by atoms with Crippen molar-refractivity contribution in [3.8, 4) is 0 Å². The van der Waals surface area contributed by atoms with Crippen molar-refractivity contribution in [2.75, 3.05) is 46.8 Å². The second-order valence-corrected chi connectivity index (χ2v) is 6.08. The number of nitrogens with one attached hydrogen (secondary N) is 1. The van der Waals surface area contributed by atoms with E-state index in [4.69, 9.17) is 12.2 Å². The smallest absolute Gasteiger partial charge is 0.236 e. The Morgan fingerprint density at radius 1 is 1.18 bits per heavy atom. The molecule has 1 aromatic rings. The first kappa shape index (κ1) is 16.7. The molecule has 1 N–H and O–H groups in total. The molecule has 0 atom stereocenters. The van der Waals surface area contributed by atoms with Gasteiger partial charge in [-0.25, -0.2) is 0 Å². The molecule has 1 aliphatic rings. The average Bonchev–Trinajstić information content (AvgIpc) is 2.54. The Balaban J connectivity index is 1.72. The third-order valence-electron chi connectivity index (χ3n) is 3.80. The van der Waals surface area contributed by atoms with Gasteiger partial charge in [-0.3, -0.25) is 9.69 Å². The quantitative estimate of drug-likeness (QED) is 0.830. The van der Waals surface area contributed by atoms with Crippen molar-refractivity contribution in [2.24, 2.45) is 0 Å². The van der Waals surface area contributed by atoms with Gasteiger partial charge in [-0.1, -0.05) is 30.3 Å². The molecule has 5 nitrogen and oxygen atoms in total. The highest BCUT2D eigenvalue weighted by atomic mass is 32.1. The summed E-state index contributed by atoms with van der Waals surface area (Å²) in [5.74, 6) is 0.151. The summed E-state index contributed by atoms with van der Waals surface area (Å²) in [7, 11) is 3.59. The lowest BCUT2D eigenvalue weighted by atomic mass is 10.2. The first-order chi connectivity index (χ1) is 10.6. The number of carbonyl (C=O) groups is 1. The molecule has 2 rings (SSSR count). The summed E-state index contributed by atoms with van der Waals surface area (Å²) < 4.78 is 0. The minimum Gasteiger partial charge on any atom is -0.358 e. The summed E-state index contributed by atoms with van der Waals surface area (Å²) in [6.07, 6.45) is 0. The predicted octanol–water partition coefficient (Wildman–Crippen LogP) is 0.767. The Bertz CT molecular complexity index is 498. The van der Waals surface area contributed by atoms with Crippen LogP contribution in [0.1, 0.15) is 5.56 Å². The van der Waals surface area contributed by atoms with Crippen LogP contribution >= 0.6 is 12.2 Å². The molecule has 6 heteroatoms.